The summed E-state index contributed by atoms with van der Waals surface area (Å²) in [5.41, 5.74) is 0.628. The van der Waals surface area contributed by atoms with E-state index in [2.05, 4.69) is 5.32 Å². The molecule has 0 unspecified atom stereocenters. The molecule has 150 valence electrons. The van der Waals surface area contributed by atoms with Crippen LogP contribution in [0.5, 0.6) is 11.5 Å². The van der Waals surface area contributed by atoms with Crippen molar-refractivity contribution in [2.75, 3.05) is 26.0 Å². The highest BCUT2D eigenvalue weighted by atomic mass is 35.5. The third kappa shape index (κ3) is 5.37. The number of para-hydroxylation sites is 2. The van der Waals surface area contributed by atoms with E-state index in [0.717, 1.165) is 10.6 Å². The van der Waals surface area contributed by atoms with Crippen molar-refractivity contribution in [1.29, 1.82) is 0 Å². The second-order valence-corrected chi connectivity index (χ2v) is 8.81. The number of nitrogens with one attached hydrogen (secondary N) is 1. The molecule has 7 nitrogen and oxygen atoms in total. The fourth-order valence-corrected chi connectivity index (χ4v) is 3.64. The van der Waals surface area contributed by atoms with Gasteiger partial charge >= 0.3 is 0 Å². The van der Waals surface area contributed by atoms with Gasteiger partial charge in [-0.1, -0.05) is 41.9 Å². The Morgan fingerprint density at radius 2 is 1.86 bits per heavy atom. The summed E-state index contributed by atoms with van der Waals surface area (Å²) in [5, 5.41) is 3.15. The molecule has 3 rings (SSSR count). The number of hydrogen-bond donors (Lipinski definition) is 1. The Labute approximate surface area is 169 Å². The quantitative estimate of drug-likeness (QED) is 0.735. The van der Waals surface area contributed by atoms with E-state index in [1.807, 2.05) is 18.2 Å². The topological polar surface area (TPSA) is 84.9 Å². The molecular formula is C19H21ClN2O5S. The Kier molecular flexibility index (Phi) is 6.43. The van der Waals surface area contributed by atoms with Gasteiger partial charge in [-0.2, -0.15) is 4.31 Å². The molecule has 0 fully saturated rings. The van der Waals surface area contributed by atoms with Gasteiger partial charge in [0.25, 0.3) is 0 Å². The fraction of sp³-hybridized carbons (Fsp3) is 0.316. The zero-order chi connectivity index (χ0) is 20.1. The standard InChI is InChI=1S/C19H21ClN2O5S/c1-28(24,25)22(11-14-6-2-3-7-16(14)20)12-19(23)21-10-15-13-26-17-8-4-5-9-18(17)27-15/h2-9,15H,10-13H2,1H3,(H,21,23)/t15-/m0/s1. The van der Waals surface area contributed by atoms with Crippen LogP contribution in [-0.2, 0) is 21.4 Å². The SMILES string of the molecule is CS(=O)(=O)N(CC(=O)NC[C@H]1COc2ccccc2O1)Cc1ccccc1Cl. The summed E-state index contributed by atoms with van der Waals surface area (Å²) in [4.78, 5) is 12.3. The van der Waals surface area contributed by atoms with E-state index in [-0.39, 0.29) is 25.7 Å². The number of ether oxygens (including phenoxy) is 2. The molecule has 0 spiro atoms. The van der Waals surface area contributed by atoms with Gasteiger partial charge in [0.1, 0.15) is 12.7 Å². The fourth-order valence-electron chi connectivity index (χ4n) is 2.71. The number of carbonyl (C=O) groups excluding carboxylic acids is 1. The second kappa shape index (κ2) is 8.81. The Morgan fingerprint density at radius 3 is 2.57 bits per heavy atom. The second-order valence-electron chi connectivity index (χ2n) is 6.42. The van der Waals surface area contributed by atoms with E-state index in [0.29, 0.717) is 28.7 Å². The lowest BCUT2D eigenvalue weighted by Crippen LogP contribution is -2.45. The average molecular weight is 425 g/mol. The van der Waals surface area contributed by atoms with Crippen LogP contribution in [-0.4, -0.2) is 50.7 Å². The molecule has 0 bridgehead atoms. The monoisotopic (exact) mass is 424 g/mol. The molecule has 1 aliphatic heterocycles. The van der Waals surface area contributed by atoms with Crippen molar-refractivity contribution in [3.63, 3.8) is 0 Å². The van der Waals surface area contributed by atoms with Crippen LogP contribution in [0.25, 0.3) is 0 Å². The van der Waals surface area contributed by atoms with Crippen LogP contribution in [0.15, 0.2) is 48.5 Å². The molecular weight excluding hydrogens is 404 g/mol. The van der Waals surface area contributed by atoms with Gasteiger partial charge in [0.05, 0.1) is 19.3 Å². The van der Waals surface area contributed by atoms with Crippen molar-refractivity contribution in [2.45, 2.75) is 12.6 Å². The highest BCUT2D eigenvalue weighted by Gasteiger charge is 2.24. The first-order valence-electron chi connectivity index (χ1n) is 8.66. The minimum Gasteiger partial charge on any atom is -0.486 e. The smallest absolute Gasteiger partial charge is 0.235 e. The van der Waals surface area contributed by atoms with Crippen molar-refractivity contribution in [3.8, 4) is 11.5 Å². The van der Waals surface area contributed by atoms with Crippen LogP contribution in [0.3, 0.4) is 0 Å². The summed E-state index contributed by atoms with van der Waals surface area (Å²) in [6.45, 7) is 0.208. The van der Waals surface area contributed by atoms with Gasteiger partial charge in [-0.05, 0) is 23.8 Å². The lowest BCUT2D eigenvalue weighted by Gasteiger charge is -2.27. The van der Waals surface area contributed by atoms with Crippen molar-refractivity contribution >= 4 is 27.5 Å². The van der Waals surface area contributed by atoms with Gasteiger partial charge in [0.2, 0.25) is 15.9 Å². The van der Waals surface area contributed by atoms with E-state index < -0.39 is 15.9 Å². The van der Waals surface area contributed by atoms with Crippen LogP contribution >= 0.6 is 11.6 Å². The lowest BCUT2D eigenvalue weighted by atomic mass is 10.2. The van der Waals surface area contributed by atoms with Crippen LogP contribution in [0.1, 0.15) is 5.56 Å². The Bertz CT molecular complexity index is 951. The number of hydrogen-bond acceptors (Lipinski definition) is 5. The van der Waals surface area contributed by atoms with Crippen molar-refractivity contribution < 1.29 is 22.7 Å². The van der Waals surface area contributed by atoms with E-state index in [9.17, 15) is 13.2 Å². The molecule has 1 heterocycles. The normalized spacial score (nSPS) is 16.0. The minimum absolute atomic E-state index is 0.0162. The summed E-state index contributed by atoms with van der Waals surface area (Å²) in [5.74, 6) is 0.845. The summed E-state index contributed by atoms with van der Waals surface area (Å²) < 4.78 is 36.6. The zero-order valence-electron chi connectivity index (χ0n) is 15.3. The predicted molar refractivity (Wildman–Crippen MR) is 106 cm³/mol. The summed E-state index contributed by atoms with van der Waals surface area (Å²) >= 11 is 6.11. The first-order valence-corrected chi connectivity index (χ1v) is 10.9. The van der Waals surface area contributed by atoms with Crippen LogP contribution in [0, 0.1) is 0 Å². The molecule has 0 saturated carbocycles. The van der Waals surface area contributed by atoms with Gasteiger partial charge in [0, 0.05) is 11.6 Å². The van der Waals surface area contributed by atoms with Crippen molar-refractivity contribution in [2.24, 2.45) is 0 Å². The number of benzene rings is 2. The molecule has 0 aliphatic carbocycles. The third-order valence-corrected chi connectivity index (χ3v) is 5.75. The maximum absolute atomic E-state index is 12.3. The summed E-state index contributed by atoms with van der Waals surface area (Å²) in [6, 6.07) is 14.2. The number of fused-ring (bicyclic) bond motifs is 1. The molecule has 0 aromatic heterocycles. The number of sulfonamides is 1. The maximum atomic E-state index is 12.3. The van der Waals surface area contributed by atoms with Gasteiger partial charge in [-0.25, -0.2) is 8.42 Å². The van der Waals surface area contributed by atoms with Gasteiger partial charge in [-0.3, -0.25) is 4.79 Å². The molecule has 2 aromatic rings. The number of amides is 1. The van der Waals surface area contributed by atoms with Crippen LogP contribution < -0.4 is 14.8 Å². The molecule has 1 amide bonds. The largest absolute Gasteiger partial charge is 0.486 e. The highest BCUT2D eigenvalue weighted by Crippen LogP contribution is 2.30. The Morgan fingerprint density at radius 1 is 1.18 bits per heavy atom. The molecule has 0 saturated heterocycles. The summed E-state index contributed by atoms with van der Waals surface area (Å²) in [7, 11) is -3.60. The Balaban J connectivity index is 1.56. The van der Waals surface area contributed by atoms with E-state index in [4.69, 9.17) is 21.1 Å². The third-order valence-electron chi connectivity index (χ3n) is 4.19. The van der Waals surface area contributed by atoms with Crippen LogP contribution in [0.2, 0.25) is 5.02 Å². The van der Waals surface area contributed by atoms with E-state index in [1.165, 1.54) is 0 Å². The zero-order valence-corrected chi connectivity index (χ0v) is 16.9. The molecule has 1 aliphatic rings. The Hall–Kier alpha value is -2.29. The average Bonchev–Trinajstić information content (AvgIpc) is 2.66. The molecule has 9 heteroatoms. The van der Waals surface area contributed by atoms with E-state index >= 15 is 0 Å². The minimum atomic E-state index is -3.60. The molecule has 2 aromatic carbocycles. The first-order chi connectivity index (χ1) is 13.3. The predicted octanol–water partition coefficient (Wildman–Crippen LogP) is 2.06. The maximum Gasteiger partial charge on any atom is 0.235 e. The first kappa shape index (κ1) is 20.4. The number of carbonyl (C=O) groups is 1. The number of rotatable bonds is 7. The lowest BCUT2D eigenvalue weighted by molar-refractivity contribution is -0.121. The van der Waals surface area contributed by atoms with Crippen LogP contribution in [0.4, 0.5) is 0 Å². The molecule has 0 radical (unpaired) electrons. The van der Waals surface area contributed by atoms with Gasteiger partial charge < -0.3 is 14.8 Å². The molecule has 1 N–H and O–H groups in total. The highest BCUT2D eigenvalue weighted by molar-refractivity contribution is 7.88. The van der Waals surface area contributed by atoms with Crippen molar-refractivity contribution in [1.82, 2.24) is 9.62 Å². The van der Waals surface area contributed by atoms with Gasteiger partial charge in [-0.15, -0.1) is 0 Å². The van der Waals surface area contributed by atoms with Crippen molar-refractivity contribution in [3.05, 3.63) is 59.1 Å². The van der Waals surface area contributed by atoms with Gasteiger partial charge in [0.15, 0.2) is 11.5 Å². The molecule has 1 atom stereocenters. The summed E-state index contributed by atoms with van der Waals surface area (Å²) in [6.07, 6.45) is 0.709. The number of halogens is 1. The molecule has 28 heavy (non-hydrogen) atoms. The van der Waals surface area contributed by atoms with E-state index in [1.54, 1.807) is 30.3 Å². The number of nitrogens with zero attached hydrogens (tertiary/aromatic N) is 1.